The predicted octanol–water partition coefficient (Wildman–Crippen LogP) is 3.54. The zero-order chi connectivity index (χ0) is 21.3. The van der Waals surface area contributed by atoms with E-state index in [9.17, 15) is 13.2 Å². The highest BCUT2D eigenvalue weighted by molar-refractivity contribution is 7.89. The molecule has 0 bridgehead atoms. The number of fused-ring (bicyclic) bond motifs is 1. The number of ether oxygens (including phenoxy) is 1. The van der Waals surface area contributed by atoms with Crippen molar-refractivity contribution in [2.45, 2.75) is 56.1 Å². The number of aryl methyl sites for hydroxylation is 1. The highest BCUT2D eigenvalue weighted by atomic mass is 32.2. The summed E-state index contributed by atoms with van der Waals surface area (Å²) >= 11 is 0. The van der Waals surface area contributed by atoms with Crippen molar-refractivity contribution < 1.29 is 17.9 Å². The van der Waals surface area contributed by atoms with Crippen LogP contribution in [0.2, 0.25) is 0 Å². The van der Waals surface area contributed by atoms with Crippen molar-refractivity contribution in [3.05, 3.63) is 59.7 Å². The summed E-state index contributed by atoms with van der Waals surface area (Å²) in [5.41, 5.74) is 2.93. The maximum absolute atomic E-state index is 13.0. The molecule has 2 aliphatic rings. The Balaban J connectivity index is 1.47. The van der Waals surface area contributed by atoms with Crippen molar-refractivity contribution in [1.82, 2.24) is 4.31 Å². The molecule has 1 N–H and O–H groups in total. The number of nitrogens with zero attached hydrogens (tertiary/aromatic N) is 1. The van der Waals surface area contributed by atoms with Gasteiger partial charge in [-0.1, -0.05) is 24.3 Å². The largest absolute Gasteiger partial charge is 0.373 e. The van der Waals surface area contributed by atoms with Crippen LogP contribution in [0.15, 0.2) is 53.4 Å². The lowest BCUT2D eigenvalue weighted by atomic mass is 9.82. The second-order valence-corrected chi connectivity index (χ2v) is 10.2. The van der Waals surface area contributed by atoms with E-state index in [1.807, 2.05) is 32.0 Å². The van der Waals surface area contributed by atoms with E-state index in [1.54, 1.807) is 24.3 Å². The van der Waals surface area contributed by atoms with Crippen LogP contribution >= 0.6 is 0 Å². The van der Waals surface area contributed by atoms with E-state index in [2.05, 4.69) is 11.4 Å². The molecule has 1 heterocycles. The predicted molar refractivity (Wildman–Crippen MR) is 116 cm³/mol. The number of carbonyl (C=O) groups is 1. The number of amides is 1. The van der Waals surface area contributed by atoms with Gasteiger partial charge < -0.3 is 10.1 Å². The molecule has 6 nitrogen and oxygen atoms in total. The number of sulfonamides is 1. The first-order valence-electron chi connectivity index (χ1n) is 10.5. The fourth-order valence-corrected chi connectivity index (χ4v) is 6.03. The first-order chi connectivity index (χ1) is 14.3. The van der Waals surface area contributed by atoms with Crippen LogP contribution in [-0.2, 0) is 26.0 Å². The van der Waals surface area contributed by atoms with Crippen LogP contribution in [0.25, 0.3) is 0 Å². The van der Waals surface area contributed by atoms with E-state index in [-0.39, 0.29) is 28.9 Å². The van der Waals surface area contributed by atoms with Gasteiger partial charge >= 0.3 is 0 Å². The van der Waals surface area contributed by atoms with Gasteiger partial charge in [-0.05, 0) is 68.5 Å². The van der Waals surface area contributed by atoms with Crippen molar-refractivity contribution in [3.63, 3.8) is 0 Å². The minimum absolute atomic E-state index is 0.0476. The number of morpholine rings is 1. The Labute approximate surface area is 178 Å². The number of rotatable bonds is 4. The molecule has 7 heteroatoms. The zero-order valence-electron chi connectivity index (χ0n) is 17.4. The molecule has 1 saturated heterocycles. The van der Waals surface area contributed by atoms with E-state index >= 15 is 0 Å². The van der Waals surface area contributed by atoms with Gasteiger partial charge in [0.25, 0.3) is 0 Å². The van der Waals surface area contributed by atoms with Crippen molar-refractivity contribution >= 4 is 21.6 Å². The maximum atomic E-state index is 13.0. The quantitative estimate of drug-likeness (QED) is 0.808. The molecule has 1 aliphatic heterocycles. The Morgan fingerprint density at radius 2 is 1.70 bits per heavy atom. The topological polar surface area (TPSA) is 75.7 Å². The summed E-state index contributed by atoms with van der Waals surface area (Å²) in [7, 11) is -3.59. The number of anilines is 1. The van der Waals surface area contributed by atoms with E-state index in [1.165, 1.54) is 9.87 Å². The molecule has 3 atom stereocenters. The Morgan fingerprint density at radius 1 is 1.03 bits per heavy atom. The molecule has 4 rings (SSSR count). The molecule has 1 amide bonds. The SMILES string of the molecule is CC1CN(S(=O)(=O)c2ccc(NC(=O)C3CCCc4ccccc43)cc2)CC(C)O1. The highest BCUT2D eigenvalue weighted by Gasteiger charge is 2.32. The molecule has 3 unspecified atom stereocenters. The Hall–Kier alpha value is -2.22. The summed E-state index contributed by atoms with van der Waals surface area (Å²) in [4.78, 5) is 13.1. The van der Waals surface area contributed by atoms with Gasteiger partial charge in [-0.15, -0.1) is 0 Å². The lowest BCUT2D eigenvalue weighted by Crippen LogP contribution is -2.48. The molecule has 160 valence electrons. The zero-order valence-corrected chi connectivity index (χ0v) is 18.2. The van der Waals surface area contributed by atoms with E-state index in [0.717, 1.165) is 24.8 Å². The van der Waals surface area contributed by atoms with Crippen molar-refractivity contribution in [1.29, 1.82) is 0 Å². The van der Waals surface area contributed by atoms with Gasteiger partial charge in [0.2, 0.25) is 15.9 Å². The number of nitrogens with one attached hydrogen (secondary N) is 1. The third kappa shape index (κ3) is 4.29. The molecule has 1 aliphatic carbocycles. The van der Waals surface area contributed by atoms with Crippen molar-refractivity contribution in [3.8, 4) is 0 Å². The molecular weight excluding hydrogens is 400 g/mol. The van der Waals surface area contributed by atoms with E-state index < -0.39 is 10.0 Å². The highest BCUT2D eigenvalue weighted by Crippen LogP contribution is 2.32. The van der Waals surface area contributed by atoms with Gasteiger partial charge in [-0.2, -0.15) is 4.31 Å². The van der Waals surface area contributed by atoms with Crippen LogP contribution < -0.4 is 5.32 Å². The monoisotopic (exact) mass is 428 g/mol. The van der Waals surface area contributed by atoms with Gasteiger partial charge in [0.1, 0.15) is 0 Å². The minimum atomic E-state index is -3.59. The number of hydrogen-bond acceptors (Lipinski definition) is 4. The van der Waals surface area contributed by atoms with Gasteiger partial charge in [0.15, 0.2) is 0 Å². The van der Waals surface area contributed by atoms with E-state index in [0.29, 0.717) is 18.8 Å². The fraction of sp³-hybridized carbons (Fsp3) is 0.435. The first kappa shape index (κ1) is 21.0. The summed E-state index contributed by atoms with van der Waals surface area (Å²) in [5, 5.41) is 2.96. The number of hydrogen-bond donors (Lipinski definition) is 1. The van der Waals surface area contributed by atoms with Crippen molar-refractivity contribution in [2.75, 3.05) is 18.4 Å². The van der Waals surface area contributed by atoms with Crippen LogP contribution in [0.5, 0.6) is 0 Å². The first-order valence-corrected chi connectivity index (χ1v) is 11.9. The lowest BCUT2D eigenvalue weighted by Gasteiger charge is -2.34. The second-order valence-electron chi connectivity index (χ2n) is 8.24. The Bertz CT molecular complexity index is 1010. The third-order valence-electron chi connectivity index (χ3n) is 5.83. The van der Waals surface area contributed by atoms with Crippen LogP contribution in [0.1, 0.15) is 43.7 Å². The average molecular weight is 429 g/mol. The molecule has 0 radical (unpaired) electrons. The standard InChI is InChI=1S/C23H28N2O4S/c1-16-14-25(15-17(2)29-16)30(27,28)20-12-10-19(11-13-20)24-23(26)22-9-5-7-18-6-3-4-8-21(18)22/h3-4,6,8,10-13,16-17,22H,5,7,9,14-15H2,1-2H3,(H,24,26). The Kier molecular flexibility index (Phi) is 5.95. The normalized spacial score (nSPS) is 24.8. The second kappa shape index (κ2) is 8.49. The molecule has 2 aromatic carbocycles. The lowest BCUT2D eigenvalue weighted by molar-refractivity contribution is -0.117. The number of benzene rings is 2. The summed E-state index contributed by atoms with van der Waals surface area (Å²) in [6.45, 7) is 4.43. The summed E-state index contributed by atoms with van der Waals surface area (Å²) in [6.07, 6.45) is 2.54. The van der Waals surface area contributed by atoms with Gasteiger partial charge in [-0.3, -0.25) is 4.79 Å². The molecule has 0 aromatic heterocycles. The third-order valence-corrected chi connectivity index (χ3v) is 7.68. The van der Waals surface area contributed by atoms with Crippen molar-refractivity contribution in [2.24, 2.45) is 0 Å². The summed E-state index contributed by atoms with van der Waals surface area (Å²) < 4.78 is 33.1. The van der Waals surface area contributed by atoms with Gasteiger partial charge in [-0.25, -0.2) is 8.42 Å². The molecule has 2 aromatic rings. The van der Waals surface area contributed by atoms with Crippen LogP contribution in [0.3, 0.4) is 0 Å². The number of carbonyl (C=O) groups excluding carboxylic acids is 1. The van der Waals surface area contributed by atoms with Crippen LogP contribution in [0.4, 0.5) is 5.69 Å². The molecular formula is C23H28N2O4S. The summed E-state index contributed by atoms with van der Waals surface area (Å²) in [5.74, 6) is -0.219. The maximum Gasteiger partial charge on any atom is 0.243 e. The molecule has 30 heavy (non-hydrogen) atoms. The molecule has 0 spiro atoms. The van der Waals surface area contributed by atoms with Crippen LogP contribution in [0, 0.1) is 0 Å². The van der Waals surface area contributed by atoms with Gasteiger partial charge in [0.05, 0.1) is 23.0 Å². The minimum Gasteiger partial charge on any atom is -0.373 e. The summed E-state index contributed by atoms with van der Waals surface area (Å²) in [6, 6.07) is 14.5. The molecule has 1 fully saturated rings. The molecule has 0 saturated carbocycles. The smallest absolute Gasteiger partial charge is 0.243 e. The van der Waals surface area contributed by atoms with Crippen LogP contribution in [-0.4, -0.2) is 43.9 Å². The average Bonchev–Trinajstić information content (AvgIpc) is 2.73. The Morgan fingerprint density at radius 3 is 2.40 bits per heavy atom. The van der Waals surface area contributed by atoms with Gasteiger partial charge in [0, 0.05) is 18.8 Å². The fourth-order valence-electron chi connectivity index (χ4n) is 4.44. The van der Waals surface area contributed by atoms with E-state index in [4.69, 9.17) is 4.74 Å².